The van der Waals surface area contributed by atoms with E-state index in [9.17, 15) is 19.5 Å². The van der Waals surface area contributed by atoms with E-state index in [-0.39, 0.29) is 30.5 Å². The molecule has 0 amide bonds. The minimum atomic E-state index is -2.13. The highest BCUT2D eigenvalue weighted by atomic mass is 28.4. The molecule has 2 saturated carbocycles. The fraction of sp³-hybridized carbons (Fsp3) is 0.719. The molecule has 10 heteroatoms. The van der Waals surface area contributed by atoms with E-state index >= 15 is 0 Å². The summed E-state index contributed by atoms with van der Waals surface area (Å²) in [6, 6.07) is 3.09. The molecule has 1 saturated heterocycles. The summed E-state index contributed by atoms with van der Waals surface area (Å²) in [5.41, 5.74) is -3.38. The smallest absolute Gasteiger partial charge is 0.374 e. The maximum atomic E-state index is 15.0. The van der Waals surface area contributed by atoms with Crippen molar-refractivity contribution in [3.05, 3.63) is 35.3 Å². The largest absolute Gasteiger partial charge is 0.457 e. The van der Waals surface area contributed by atoms with Gasteiger partial charge in [-0.15, -0.1) is 0 Å². The lowest BCUT2D eigenvalue weighted by molar-refractivity contribution is -0.339. The Bertz CT molecular complexity index is 1310. The fourth-order valence-corrected chi connectivity index (χ4v) is 9.92. The number of hydrogen-bond acceptors (Lipinski definition) is 9. The average Bonchev–Trinajstić information content (AvgIpc) is 3.40. The molecule has 0 aromatic carbocycles. The maximum absolute atomic E-state index is 15.0. The summed E-state index contributed by atoms with van der Waals surface area (Å²) in [5, 5.41) is 13.2. The lowest BCUT2D eigenvalue weighted by Crippen LogP contribution is -2.80. The first-order valence-electron chi connectivity index (χ1n) is 15.0. The van der Waals surface area contributed by atoms with E-state index in [1.54, 1.807) is 6.07 Å². The molecule has 0 radical (unpaired) electrons. The van der Waals surface area contributed by atoms with Gasteiger partial charge in [0.15, 0.2) is 13.9 Å². The molecule has 9 atom stereocenters. The average molecular weight is 603 g/mol. The third-order valence-corrected chi connectivity index (χ3v) is 11.9. The summed E-state index contributed by atoms with van der Waals surface area (Å²) in [5.74, 6) is -3.04. The Balaban J connectivity index is 1.82. The summed E-state index contributed by atoms with van der Waals surface area (Å²) in [6.07, 6.45) is -0.269. The Morgan fingerprint density at radius 3 is 2.33 bits per heavy atom. The van der Waals surface area contributed by atoms with E-state index < -0.39 is 72.4 Å². The predicted octanol–water partition coefficient (Wildman–Crippen LogP) is 5.08. The van der Waals surface area contributed by atoms with Crippen molar-refractivity contribution in [1.29, 1.82) is 0 Å². The number of furan rings is 1. The standard InChI is InChI=1S/C32H46O9Si/c1-17-14-23-31(16-38-23,40-20(4)33)25-27(39-28(35)21-12-11-13-37-21)32(36)15-22(41-42(8,9)10)18(2)24(29(32,5)6)19(3)26(34)30(17,25)7/h11-13,17,19,22-23,25,27,36H,14-16H2,1-10H3/t17-,19+,22-,23+,25?,27-,30+,31-,32+/m0/s1. The maximum Gasteiger partial charge on any atom is 0.374 e. The fourth-order valence-electron chi connectivity index (χ4n) is 8.80. The number of fused-ring (bicyclic) bond motifs is 5. The van der Waals surface area contributed by atoms with Gasteiger partial charge in [-0.25, -0.2) is 4.79 Å². The number of hydrogen-bond donors (Lipinski definition) is 1. The van der Waals surface area contributed by atoms with E-state index in [1.165, 1.54) is 19.3 Å². The first-order valence-corrected chi connectivity index (χ1v) is 18.4. The van der Waals surface area contributed by atoms with Crippen molar-refractivity contribution in [3.63, 3.8) is 0 Å². The van der Waals surface area contributed by atoms with Crippen LogP contribution < -0.4 is 0 Å². The molecule has 3 fully saturated rings. The van der Waals surface area contributed by atoms with Crippen molar-refractivity contribution in [2.75, 3.05) is 6.61 Å². The molecule has 2 heterocycles. The van der Waals surface area contributed by atoms with Gasteiger partial charge in [0.05, 0.1) is 24.9 Å². The number of ketones is 1. The Morgan fingerprint density at radius 2 is 1.81 bits per heavy atom. The minimum absolute atomic E-state index is 0.0238. The van der Waals surface area contributed by atoms with Crippen LogP contribution in [0, 0.1) is 28.6 Å². The Morgan fingerprint density at radius 1 is 1.14 bits per heavy atom. The summed E-state index contributed by atoms with van der Waals surface area (Å²) in [4.78, 5) is 41.4. The minimum Gasteiger partial charge on any atom is -0.457 e. The van der Waals surface area contributed by atoms with Crippen LogP contribution in [0.25, 0.3) is 0 Å². The quantitative estimate of drug-likeness (QED) is 0.279. The van der Waals surface area contributed by atoms with Crippen LogP contribution in [-0.2, 0) is 28.2 Å². The normalized spacial score (nSPS) is 41.1. The van der Waals surface area contributed by atoms with Crippen LogP contribution in [0.3, 0.4) is 0 Å². The Hall–Kier alpha value is -2.27. The van der Waals surface area contributed by atoms with Crippen molar-refractivity contribution in [2.24, 2.45) is 28.6 Å². The molecule has 1 aliphatic heterocycles. The van der Waals surface area contributed by atoms with Crippen LogP contribution in [0.15, 0.2) is 34.0 Å². The molecule has 3 aliphatic carbocycles. The first kappa shape index (κ1) is 31.2. The molecule has 1 N–H and O–H groups in total. The second kappa shape index (κ2) is 9.87. The summed E-state index contributed by atoms with van der Waals surface area (Å²) in [6.45, 7) is 19.2. The molecule has 232 valence electrons. The Labute approximate surface area is 249 Å². The van der Waals surface area contributed by atoms with Gasteiger partial charge in [0, 0.05) is 30.1 Å². The highest BCUT2D eigenvalue weighted by Crippen LogP contribution is 2.66. The second-order valence-electron chi connectivity index (χ2n) is 14.7. The topological polar surface area (TPSA) is 122 Å². The van der Waals surface area contributed by atoms with E-state index in [0.29, 0.717) is 6.42 Å². The zero-order valence-corrected chi connectivity index (χ0v) is 27.5. The molecule has 5 rings (SSSR count). The van der Waals surface area contributed by atoms with Crippen molar-refractivity contribution < 1.29 is 42.5 Å². The molecule has 1 aromatic heterocycles. The molecule has 4 aliphatic rings. The first-order chi connectivity index (χ1) is 19.3. The summed E-state index contributed by atoms with van der Waals surface area (Å²) in [7, 11) is -2.13. The lowest BCUT2D eigenvalue weighted by atomic mass is 9.42. The molecular weight excluding hydrogens is 556 g/mol. The van der Waals surface area contributed by atoms with Gasteiger partial charge in [0.2, 0.25) is 5.76 Å². The van der Waals surface area contributed by atoms with E-state index in [4.69, 9.17) is 23.1 Å². The van der Waals surface area contributed by atoms with Crippen LogP contribution in [0.4, 0.5) is 0 Å². The number of ether oxygens (including phenoxy) is 3. The Kier molecular flexibility index (Phi) is 7.32. The number of esters is 2. The van der Waals surface area contributed by atoms with Crippen molar-refractivity contribution >= 4 is 26.0 Å². The van der Waals surface area contributed by atoms with Crippen LogP contribution in [0.2, 0.25) is 19.6 Å². The zero-order chi connectivity index (χ0) is 31.2. The van der Waals surface area contributed by atoms with Gasteiger partial charge in [-0.1, -0.05) is 34.6 Å². The number of aliphatic hydroxyl groups is 1. The van der Waals surface area contributed by atoms with Crippen molar-refractivity contribution in [1.82, 2.24) is 0 Å². The van der Waals surface area contributed by atoms with Crippen LogP contribution >= 0.6 is 0 Å². The number of Topliss-reactive ketones (excluding diaryl/α,β-unsaturated/α-hetero) is 1. The van der Waals surface area contributed by atoms with Gasteiger partial charge in [-0.2, -0.15) is 0 Å². The molecular formula is C32H46O9Si. The molecule has 9 nitrogen and oxygen atoms in total. The third-order valence-electron chi connectivity index (χ3n) is 10.9. The van der Waals surface area contributed by atoms with Gasteiger partial charge in [0.25, 0.3) is 0 Å². The number of carbonyl (C=O) groups is 3. The highest BCUT2D eigenvalue weighted by Gasteiger charge is 2.77. The van der Waals surface area contributed by atoms with Crippen molar-refractivity contribution in [3.8, 4) is 0 Å². The number of carbonyl (C=O) groups excluding carboxylic acids is 3. The van der Waals surface area contributed by atoms with Crippen molar-refractivity contribution in [2.45, 2.75) is 110 Å². The highest BCUT2D eigenvalue weighted by molar-refractivity contribution is 6.69. The molecule has 42 heavy (non-hydrogen) atoms. The monoisotopic (exact) mass is 602 g/mol. The van der Waals surface area contributed by atoms with E-state index in [2.05, 4.69) is 19.6 Å². The lowest BCUT2D eigenvalue weighted by Gasteiger charge is -2.68. The molecule has 2 bridgehead atoms. The summed E-state index contributed by atoms with van der Waals surface area (Å²) >= 11 is 0. The van der Waals surface area contributed by atoms with E-state index in [0.717, 1.165) is 11.1 Å². The van der Waals surface area contributed by atoms with Gasteiger partial charge < -0.3 is 28.2 Å². The summed E-state index contributed by atoms with van der Waals surface area (Å²) < 4.78 is 30.6. The van der Waals surface area contributed by atoms with Crippen LogP contribution in [0.5, 0.6) is 0 Å². The zero-order valence-electron chi connectivity index (χ0n) is 26.5. The van der Waals surface area contributed by atoms with Gasteiger partial charge in [-0.05, 0) is 62.2 Å². The number of rotatable bonds is 5. The van der Waals surface area contributed by atoms with Crippen LogP contribution in [0.1, 0.15) is 71.9 Å². The SMILES string of the molecule is CC(=O)O[C@@]12CO[C@@H]1C[C@H](C)[C@@]1(C)C(=O)[C@H](C)C3=C(C)[C@@H](O[Si](C)(C)C)C[C@@](O)([C@@H](OC(=O)c4ccco4)C12)C3(C)C. The van der Waals surface area contributed by atoms with Crippen LogP contribution in [-0.4, -0.2) is 67.3 Å². The molecule has 1 unspecified atom stereocenters. The second-order valence-corrected chi connectivity index (χ2v) is 19.2. The van der Waals surface area contributed by atoms with Gasteiger partial charge in [0.1, 0.15) is 23.6 Å². The predicted molar refractivity (Wildman–Crippen MR) is 156 cm³/mol. The van der Waals surface area contributed by atoms with E-state index in [1.807, 2.05) is 41.5 Å². The molecule has 0 spiro atoms. The third kappa shape index (κ3) is 4.30. The van der Waals surface area contributed by atoms with Gasteiger partial charge >= 0.3 is 11.9 Å². The van der Waals surface area contributed by atoms with Gasteiger partial charge in [-0.3, -0.25) is 9.59 Å². The molecule has 1 aromatic rings.